The third-order valence-corrected chi connectivity index (χ3v) is 3.26. The van der Waals surface area contributed by atoms with Crippen LogP contribution < -0.4 is 11.5 Å². The average Bonchev–Trinajstić information content (AvgIpc) is 1.80. The molecule has 0 atom stereocenters. The van der Waals surface area contributed by atoms with E-state index < -0.39 is 0 Å². The molecule has 0 amide bonds. The lowest BCUT2D eigenvalue weighted by molar-refractivity contribution is 0.0630. The summed E-state index contributed by atoms with van der Waals surface area (Å²) in [7, 11) is 0. The molecule has 0 aromatic heterocycles. The fraction of sp³-hybridized carbons (Fsp3) is 1.00. The fourth-order valence-electron chi connectivity index (χ4n) is 2.74. The molecule has 2 heteroatoms. The summed E-state index contributed by atoms with van der Waals surface area (Å²) in [6, 6.07) is 0.597. The molecule has 72 valence electrons. The second-order valence-electron chi connectivity index (χ2n) is 5.62. The predicted octanol–water partition coefficient (Wildman–Crippen LogP) is 1.49. The molecule has 0 bridgehead atoms. The van der Waals surface area contributed by atoms with E-state index in [0.717, 1.165) is 12.8 Å². The summed E-state index contributed by atoms with van der Waals surface area (Å²) >= 11 is 0. The normalized spacial score (nSPS) is 39.5. The van der Waals surface area contributed by atoms with Crippen molar-refractivity contribution in [2.75, 3.05) is 0 Å². The standard InChI is InChI=1S/C10H22N2/c1-9(2)5-7(11)6-10(3,4)8(9)12/h7-8H,5-6,11-12H2,1-4H3. The second kappa shape index (κ2) is 2.71. The number of hydrogen-bond acceptors (Lipinski definition) is 2. The van der Waals surface area contributed by atoms with E-state index in [1.807, 2.05) is 0 Å². The van der Waals surface area contributed by atoms with Crippen LogP contribution >= 0.6 is 0 Å². The van der Waals surface area contributed by atoms with Crippen molar-refractivity contribution in [3.63, 3.8) is 0 Å². The Balaban J connectivity index is 2.84. The van der Waals surface area contributed by atoms with E-state index in [2.05, 4.69) is 27.7 Å². The average molecular weight is 170 g/mol. The van der Waals surface area contributed by atoms with Crippen molar-refractivity contribution in [1.29, 1.82) is 0 Å². The lowest BCUT2D eigenvalue weighted by Gasteiger charge is -2.49. The van der Waals surface area contributed by atoms with Crippen LogP contribution in [0.4, 0.5) is 0 Å². The second-order valence-corrected chi connectivity index (χ2v) is 5.62. The van der Waals surface area contributed by atoms with E-state index in [4.69, 9.17) is 11.5 Å². The maximum absolute atomic E-state index is 6.20. The van der Waals surface area contributed by atoms with Crippen LogP contribution in [0.1, 0.15) is 40.5 Å². The number of nitrogens with two attached hydrogens (primary N) is 2. The largest absolute Gasteiger partial charge is 0.328 e. The molecule has 0 saturated heterocycles. The van der Waals surface area contributed by atoms with Crippen LogP contribution in [-0.2, 0) is 0 Å². The smallest absolute Gasteiger partial charge is 0.0143 e. The topological polar surface area (TPSA) is 52.0 Å². The van der Waals surface area contributed by atoms with E-state index in [-0.39, 0.29) is 16.9 Å². The van der Waals surface area contributed by atoms with Gasteiger partial charge in [-0.3, -0.25) is 0 Å². The zero-order chi connectivity index (χ0) is 9.57. The highest BCUT2D eigenvalue weighted by Gasteiger charge is 2.44. The molecule has 0 aromatic rings. The van der Waals surface area contributed by atoms with Crippen LogP contribution in [0, 0.1) is 10.8 Å². The maximum atomic E-state index is 6.20. The first kappa shape index (κ1) is 10.0. The Labute approximate surface area is 75.7 Å². The number of rotatable bonds is 0. The van der Waals surface area contributed by atoms with Crippen LogP contribution in [0.25, 0.3) is 0 Å². The minimum Gasteiger partial charge on any atom is -0.328 e. The Hall–Kier alpha value is -0.0800. The van der Waals surface area contributed by atoms with Gasteiger partial charge in [-0.2, -0.15) is 0 Å². The summed E-state index contributed by atoms with van der Waals surface area (Å²) in [6.07, 6.45) is 2.11. The molecule has 0 aromatic carbocycles. The molecule has 0 unspecified atom stereocenters. The molecule has 1 fully saturated rings. The monoisotopic (exact) mass is 170 g/mol. The first-order valence-electron chi connectivity index (χ1n) is 4.77. The molecule has 0 heterocycles. The van der Waals surface area contributed by atoms with Crippen molar-refractivity contribution in [2.24, 2.45) is 22.3 Å². The van der Waals surface area contributed by atoms with Gasteiger partial charge in [0.1, 0.15) is 0 Å². The highest BCUT2D eigenvalue weighted by atomic mass is 14.8. The van der Waals surface area contributed by atoms with Gasteiger partial charge in [0.15, 0.2) is 0 Å². The molecule has 4 N–H and O–H groups in total. The summed E-state index contributed by atoms with van der Waals surface area (Å²) in [5, 5.41) is 0. The SMILES string of the molecule is CC1(C)CC(N)CC(C)(C)C1N. The quantitative estimate of drug-likeness (QED) is 0.578. The Bertz CT molecular complexity index is 155. The van der Waals surface area contributed by atoms with Crippen molar-refractivity contribution in [3.05, 3.63) is 0 Å². The van der Waals surface area contributed by atoms with Gasteiger partial charge in [-0.05, 0) is 23.7 Å². The molecule has 12 heavy (non-hydrogen) atoms. The summed E-state index contributed by atoms with van der Waals surface area (Å²) < 4.78 is 0. The summed E-state index contributed by atoms with van der Waals surface area (Å²) in [5.41, 5.74) is 12.6. The van der Waals surface area contributed by atoms with Crippen molar-refractivity contribution in [3.8, 4) is 0 Å². The minimum atomic E-state index is 0.196. The molecule has 1 saturated carbocycles. The van der Waals surface area contributed by atoms with Gasteiger partial charge in [-0.15, -0.1) is 0 Å². The molecular weight excluding hydrogens is 148 g/mol. The van der Waals surface area contributed by atoms with Gasteiger partial charge >= 0.3 is 0 Å². The van der Waals surface area contributed by atoms with Crippen LogP contribution in [0.2, 0.25) is 0 Å². The van der Waals surface area contributed by atoms with Crippen LogP contribution in [0.5, 0.6) is 0 Å². The Kier molecular flexibility index (Phi) is 2.26. The van der Waals surface area contributed by atoms with Gasteiger partial charge in [0.25, 0.3) is 0 Å². The van der Waals surface area contributed by atoms with Crippen LogP contribution in [-0.4, -0.2) is 12.1 Å². The highest BCUT2D eigenvalue weighted by Crippen LogP contribution is 2.43. The van der Waals surface area contributed by atoms with E-state index in [9.17, 15) is 0 Å². The predicted molar refractivity (Wildman–Crippen MR) is 52.7 cm³/mol. The van der Waals surface area contributed by atoms with Crippen LogP contribution in [0.15, 0.2) is 0 Å². The molecule has 1 rings (SSSR count). The summed E-state index contributed by atoms with van der Waals surface area (Å²) in [6.45, 7) is 8.88. The van der Waals surface area contributed by atoms with Gasteiger partial charge in [0, 0.05) is 12.1 Å². The molecule has 2 nitrogen and oxygen atoms in total. The fourth-order valence-corrected chi connectivity index (χ4v) is 2.74. The summed E-state index contributed by atoms with van der Waals surface area (Å²) in [5.74, 6) is 0. The molecule has 1 aliphatic rings. The molecule has 0 spiro atoms. The van der Waals surface area contributed by atoms with Gasteiger partial charge < -0.3 is 11.5 Å². The lowest BCUT2D eigenvalue weighted by atomic mass is 9.60. The Morgan fingerprint density at radius 1 is 0.917 bits per heavy atom. The van der Waals surface area contributed by atoms with E-state index >= 15 is 0 Å². The van der Waals surface area contributed by atoms with Gasteiger partial charge in [-0.25, -0.2) is 0 Å². The Morgan fingerprint density at radius 2 is 1.25 bits per heavy atom. The molecule has 1 aliphatic carbocycles. The van der Waals surface area contributed by atoms with Crippen molar-refractivity contribution >= 4 is 0 Å². The molecule has 0 radical (unpaired) electrons. The zero-order valence-corrected chi connectivity index (χ0v) is 8.72. The number of hydrogen-bond donors (Lipinski definition) is 2. The minimum absolute atomic E-state index is 0.196. The van der Waals surface area contributed by atoms with E-state index in [0.29, 0.717) is 6.04 Å². The van der Waals surface area contributed by atoms with Gasteiger partial charge in [0.2, 0.25) is 0 Å². The van der Waals surface area contributed by atoms with Gasteiger partial charge in [0.05, 0.1) is 0 Å². The Morgan fingerprint density at radius 3 is 1.58 bits per heavy atom. The highest BCUT2D eigenvalue weighted by molar-refractivity contribution is 5.00. The van der Waals surface area contributed by atoms with E-state index in [1.54, 1.807) is 0 Å². The molecule has 0 aliphatic heterocycles. The lowest BCUT2D eigenvalue weighted by Crippen LogP contribution is -2.56. The third kappa shape index (κ3) is 1.64. The first-order valence-corrected chi connectivity index (χ1v) is 4.77. The summed E-state index contributed by atoms with van der Waals surface area (Å²) in [4.78, 5) is 0. The van der Waals surface area contributed by atoms with Crippen LogP contribution in [0.3, 0.4) is 0 Å². The van der Waals surface area contributed by atoms with Crippen molar-refractivity contribution in [2.45, 2.75) is 52.6 Å². The first-order chi connectivity index (χ1) is 5.26. The third-order valence-electron chi connectivity index (χ3n) is 3.26. The van der Waals surface area contributed by atoms with Crippen molar-refractivity contribution < 1.29 is 0 Å². The molecular formula is C10H22N2. The van der Waals surface area contributed by atoms with E-state index in [1.165, 1.54) is 0 Å². The van der Waals surface area contributed by atoms with Crippen molar-refractivity contribution in [1.82, 2.24) is 0 Å². The zero-order valence-electron chi connectivity index (χ0n) is 8.72. The van der Waals surface area contributed by atoms with Gasteiger partial charge in [-0.1, -0.05) is 27.7 Å². The maximum Gasteiger partial charge on any atom is 0.0143 e.